The molecule has 0 aromatic rings. The van der Waals surface area contributed by atoms with Crippen LogP contribution in [0.25, 0.3) is 0 Å². The van der Waals surface area contributed by atoms with E-state index in [1.54, 1.807) is 0 Å². The van der Waals surface area contributed by atoms with E-state index in [0.717, 1.165) is 25.9 Å². The van der Waals surface area contributed by atoms with Gasteiger partial charge in [0, 0.05) is 12.6 Å². The molecule has 1 aliphatic heterocycles. The van der Waals surface area contributed by atoms with E-state index in [0.29, 0.717) is 0 Å². The van der Waals surface area contributed by atoms with Crippen molar-refractivity contribution in [2.24, 2.45) is 0 Å². The molecule has 13 heavy (non-hydrogen) atoms. The molecule has 4 nitrogen and oxygen atoms in total. The Morgan fingerprint density at radius 3 is 2.92 bits per heavy atom. The zero-order valence-electron chi connectivity index (χ0n) is 8.29. The lowest BCUT2D eigenvalue weighted by Gasteiger charge is -2.30. The minimum absolute atomic E-state index is 0.209. The highest BCUT2D eigenvalue weighted by atomic mass is 16.3. The third-order valence-electron chi connectivity index (χ3n) is 2.35. The number of piperidine rings is 1. The number of aliphatic hydroxyl groups is 1. The van der Waals surface area contributed by atoms with Crippen molar-refractivity contribution in [1.29, 1.82) is 0 Å². The van der Waals surface area contributed by atoms with Gasteiger partial charge in [-0.05, 0) is 33.4 Å². The SMILES string of the molecule is C[C@@H](O)C(=O)NC1CCCN(C)C1. The molecule has 2 atom stereocenters. The first-order valence-corrected chi connectivity index (χ1v) is 4.76. The zero-order chi connectivity index (χ0) is 9.84. The first-order valence-electron chi connectivity index (χ1n) is 4.76. The molecule has 76 valence electrons. The highest BCUT2D eigenvalue weighted by Crippen LogP contribution is 2.07. The van der Waals surface area contributed by atoms with E-state index in [4.69, 9.17) is 5.11 Å². The summed E-state index contributed by atoms with van der Waals surface area (Å²) in [7, 11) is 2.04. The molecule has 0 bridgehead atoms. The van der Waals surface area contributed by atoms with Crippen molar-refractivity contribution in [1.82, 2.24) is 10.2 Å². The largest absolute Gasteiger partial charge is 0.384 e. The quantitative estimate of drug-likeness (QED) is 0.615. The van der Waals surface area contributed by atoms with Crippen molar-refractivity contribution in [2.45, 2.75) is 31.9 Å². The lowest BCUT2D eigenvalue weighted by Crippen LogP contribution is -2.48. The van der Waals surface area contributed by atoms with E-state index in [1.165, 1.54) is 6.92 Å². The van der Waals surface area contributed by atoms with Crippen molar-refractivity contribution in [3.05, 3.63) is 0 Å². The van der Waals surface area contributed by atoms with Crippen LogP contribution in [0, 0.1) is 0 Å². The summed E-state index contributed by atoms with van der Waals surface area (Å²) in [6.07, 6.45) is 1.23. The smallest absolute Gasteiger partial charge is 0.248 e. The summed E-state index contributed by atoms with van der Waals surface area (Å²) in [5, 5.41) is 11.8. The van der Waals surface area contributed by atoms with Crippen LogP contribution >= 0.6 is 0 Å². The van der Waals surface area contributed by atoms with Crippen molar-refractivity contribution in [2.75, 3.05) is 20.1 Å². The first kappa shape index (κ1) is 10.5. The Hall–Kier alpha value is -0.610. The number of hydrogen-bond donors (Lipinski definition) is 2. The highest BCUT2D eigenvalue weighted by Gasteiger charge is 2.20. The minimum atomic E-state index is -0.896. The molecular weight excluding hydrogens is 168 g/mol. The number of likely N-dealkylation sites (N-methyl/N-ethyl adjacent to an activating group) is 1. The van der Waals surface area contributed by atoms with E-state index < -0.39 is 6.10 Å². The highest BCUT2D eigenvalue weighted by molar-refractivity contribution is 5.80. The Morgan fingerprint density at radius 1 is 1.69 bits per heavy atom. The molecule has 1 amide bonds. The Bertz CT molecular complexity index is 182. The normalized spacial score (nSPS) is 26.8. The summed E-state index contributed by atoms with van der Waals surface area (Å²) in [6.45, 7) is 3.47. The third kappa shape index (κ3) is 3.32. The molecule has 1 heterocycles. The van der Waals surface area contributed by atoms with Crippen LogP contribution in [0.15, 0.2) is 0 Å². The van der Waals surface area contributed by atoms with E-state index in [9.17, 15) is 4.79 Å². The van der Waals surface area contributed by atoms with Crippen LogP contribution in [-0.4, -0.2) is 48.2 Å². The van der Waals surface area contributed by atoms with Gasteiger partial charge in [-0.2, -0.15) is 0 Å². The average Bonchev–Trinajstić information content (AvgIpc) is 2.04. The van der Waals surface area contributed by atoms with Gasteiger partial charge in [0.2, 0.25) is 5.91 Å². The predicted octanol–water partition coefficient (Wildman–Crippen LogP) is -0.422. The van der Waals surface area contributed by atoms with Gasteiger partial charge < -0.3 is 15.3 Å². The lowest BCUT2D eigenvalue weighted by molar-refractivity contribution is -0.129. The molecule has 0 aromatic heterocycles. The maximum absolute atomic E-state index is 11.1. The Labute approximate surface area is 78.9 Å². The molecule has 0 aliphatic carbocycles. The third-order valence-corrected chi connectivity index (χ3v) is 2.35. The molecule has 1 aliphatic rings. The van der Waals surface area contributed by atoms with Gasteiger partial charge in [0.25, 0.3) is 0 Å². The number of amides is 1. The van der Waals surface area contributed by atoms with E-state index >= 15 is 0 Å². The molecule has 0 spiro atoms. The van der Waals surface area contributed by atoms with Crippen LogP contribution < -0.4 is 5.32 Å². The molecule has 1 saturated heterocycles. The van der Waals surface area contributed by atoms with Crippen molar-refractivity contribution < 1.29 is 9.90 Å². The van der Waals surface area contributed by atoms with Crippen LogP contribution in [0.4, 0.5) is 0 Å². The van der Waals surface area contributed by atoms with Crippen LogP contribution in [-0.2, 0) is 4.79 Å². The predicted molar refractivity (Wildman–Crippen MR) is 50.3 cm³/mol. The molecule has 4 heteroatoms. The van der Waals surface area contributed by atoms with E-state index in [-0.39, 0.29) is 11.9 Å². The number of rotatable bonds is 2. The van der Waals surface area contributed by atoms with Gasteiger partial charge in [0.15, 0.2) is 0 Å². The number of carbonyl (C=O) groups excluding carboxylic acids is 1. The Balaban J connectivity index is 2.31. The summed E-state index contributed by atoms with van der Waals surface area (Å²) in [6, 6.07) is 0.209. The molecule has 1 unspecified atom stereocenters. The van der Waals surface area contributed by atoms with Crippen LogP contribution in [0.3, 0.4) is 0 Å². The topological polar surface area (TPSA) is 52.6 Å². The number of nitrogens with zero attached hydrogens (tertiary/aromatic N) is 1. The second-order valence-corrected chi connectivity index (χ2v) is 3.79. The van der Waals surface area contributed by atoms with Gasteiger partial charge in [0.1, 0.15) is 6.10 Å². The maximum atomic E-state index is 11.1. The number of nitrogens with one attached hydrogen (secondary N) is 1. The number of likely N-dealkylation sites (tertiary alicyclic amines) is 1. The van der Waals surface area contributed by atoms with Crippen LogP contribution in [0.5, 0.6) is 0 Å². The number of carbonyl (C=O) groups is 1. The molecule has 1 rings (SSSR count). The second-order valence-electron chi connectivity index (χ2n) is 3.79. The van der Waals surface area contributed by atoms with Crippen molar-refractivity contribution in [3.63, 3.8) is 0 Å². The van der Waals surface area contributed by atoms with Crippen molar-refractivity contribution >= 4 is 5.91 Å². The van der Waals surface area contributed by atoms with Gasteiger partial charge in [-0.25, -0.2) is 0 Å². The fourth-order valence-electron chi connectivity index (χ4n) is 1.61. The van der Waals surface area contributed by atoms with Crippen LogP contribution in [0.2, 0.25) is 0 Å². The minimum Gasteiger partial charge on any atom is -0.384 e. The van der Waals surface area contributed by atoms with Gasteiger partial charge in [-0.3, -0.25) is 4.79 Å². The summed E-state index contributed by atoms with van der Waals surface area (Å²) in [5.41, 5.74) is 0. The fraction of sp³-hybridized carbons (Fsp3) is 0.889. The van der Waals surface area contributed by atoms with E-state index in [2.05, 4.69) is 10.2 Å². The van der Waals surface area contributed by atoms with Gasteiger partial charge in [0.05, 0.1) is 0 Å². The second kappa shape index (κ2) is 4.58. The average molecular weight is 186 g/mol. The van der Waals surface area contributed by atoms with Gasteiger partial charge in [-0.15, -0.1) is 0 Å². The summed E-state index contributed by atoms with van der Waals surface area (Å²) in [4.78, 5) is 13.3. The molecule has 0 aromatic carbocycles. The summed E-state index contributed by atoms with van der Waals surface area (Å²) >= 11 is 0. The Morgan fingerprint density at radius 2 is 2.38 bits per heavy atom. The number of aliphatic hydroxyl groups excluding tert-OH is 1. The summed E-state index contributed by atoms with van der Waals surface area (Å²) in [5.74, 6) is -0.264. The molecule has 0 radical (unpaired) electrons. The van der Waals surface area contributed by atoms with Crippen LogP contribution in [0.1, 0.15) is 19.8 Å². The van der Waals surface area contributed by atoms with Gasteiger partial charge >= 0.3 is 0 Å². The Kier molecular flexibility index (Phi) is 3.69. The molecule has 0 saturated carbocycles. The zero-order valence-corrected chi connectivity index (χ0v) is 8.29. The van der Waals surface area contributed by atoms with E-state index in [1.807, 2.05) is 7.05 Å². The lowest BCUT2D eigenvalue weighted by atomic mass is 10.1. The standard InChI is InChI=1S/C9H18N2O2/c1-7(12)9(13)10-8-4-3-5-11(2)6-8/h7-8,12H,3-6H2,1-2H3,(H,10,13)/t7-,8?/m1/s1. The molecule has 1 fully saturated rings. The first-order chi connectivity index (χ1) is 6.09. The van der Waals surface area contributed by atoms with Gasteiger partial charge in [-0.1, -0.05) is 0 Å². The fourth-order valence-corrected chi connectivity index (χ4v) is 1.61. The van der Waals surface area contributed by atoms with Crippen molar-refractivity contribution in [3.8, 4) is 0 Å². The monoisotopic (exact) mass is 186 g/mol. The maximum Gasteiger partial charge on any atom is 0.248 e. The number of hydrogen-bond acceptors (Lipinski definition) is 3. The summed E-state index contributed by atoms with van der Waals surface area (Å²) < 4.78 is 0. The molecule has 2 N–H and O–H groups in total. The molecular formula is C9H18N2O2.